The normalized spacial score (nSPS) is 11.5. The minimum absolute atomic E-state index is 0.114. The maximum absolute atomic E-state index is 12.7. The van der Waals surface area contributed by atoms with Gasteiger partial charge in [0, 0.05) is 4.47 Å². The van der Waals surface area contributed by atoms with E-state index in [0.717, 1.165) is 0 Å². The number of amides is 1. The molecule has 0 saturated carbocycles. The predicted molar refractivity (Wildman–Crippen MR) is 112 cm³/mol. The average molecular weight is 477 g/mol. The van der Waals surface area contributed by atoms with Crippen LogP contribution in [0, 0.1) is 0 Å². The molecular formula is C20H17BrN2O5S. The molecule has 29 heavy (non-hydrogen) atoms. The number of carbonyl (C=O) groups excluding carboxylic acids is 3. The second-order valence-electron chi connectivity index (χ2n) is 5.85. The molecule has 9 heteroatoms. The van der Waals surface area contributed by atoms with E-state index in [1.54, 1.807) is 54.0 Å². The molecule has 0 fully saturated rings. The zero-order chi connectivity index (χ0) is 21.0. The van der Waals surface area contributed by atoms with E-state index in [-0.39, 0.29) is 13.2 Å². The molecule has 7 nitrogen and oxygen atoms in total. The molecule has 0 aliphatic heterocycles. The van der Waals surface area contributed by atoms with Crippen molar-refractivity contribution in [2.24, 2.45) is 4.99 Å². The average Bonchev–Trinajstić information content (AvgIpc) is 3.04. The van der Waals surface area contributed by atoms with Gasteiger partial charge in [0.05, 0.1) is 35.1 Å². The first-order valence-electron chi connectivity index (χ1n) is 8.65. The minimum Gasteiger partial charge on any atom is -0.468 e. The molecule has 1 heterocycles. The summed E-state index contributed by atoms with van der Waals surface area (Å²) in [6, 6.07) is 11.9. The molecule has 0 radical (unpaired) electrons. The molecule has 1 amide bonds. The Hall–Kier alpha value is -2.78. The topological polar surface area (TPSA) is 87.0 Å². The molecule has 0 bridgehead atoms. The number of halogens is 1. The Morgan fingerprint density at radius 1 is 1.17 bits per heavy atom. The van der Waals surface area contributed by atoms with Crippen molar-refractivity contribution in [1.29, 1.82) is 0 Å². The largest absolute Gasteiger partial charge is 0.468 e. The number of methoxy groups -OCH3 is 1. The van der Waals surface area contributed by atoms with Gasteiger partial charge in [0.2, 0.25) is 0 Å². The molecule has 0 spiro atoms. The maximum atomic E-state index is 12.7. The van der Waals surface area contributed by atoms with Crippen molar-refractivity contribution in [3.63, 3.8) is 0 Å². The Morgan fingerprint density at radius 2 is 1.93 bits per heavy atom. The number of hydrogen-bond donors (Lipinski definition) is 0. The molecule has 0 aliphatic carbocycles. The third kappa shape index (κ3) is 4.63. The van der Waals surface area contributed by atoms with E-state index in [9.17, 15) is 14.4 Å². The zero-order valence-electron chi connectivity index (χ0n) is 15.7. The third-order valence-electron chi connectivity index (χ3n) is 4.01. The Labute approximate surface area is 178 Å². The highest BCUT2D eigenvalue weighted by Gasteiger charge is 2.15. The van der Waals surface area contributed by atoms with E-state index >= 15 is 0 Å². The zero-order valence-corrected chi connectivity index (χ0v) is 18.1. The number of ether oxygens (including phenoxy) is 2. The molecule has 1 aromatic heterocycles. The van der Waals surface area contributed by atoms with Gasteiger partial charge in [-0.1, -0.05) is 23.5 Å². The van der Waals surface area contributed by atoms with Crippen molar-refractivity contribution < 1.29 is 23.9 Å². The first-order valence-corrected chi connectivity index (χ1v) is 10.3. The monoisotopic (exact) mass is 476 g/mol. The number of thiazole rings is 1. The van der Waals surface area contributed by atoms with E-state index in [1.807, 2.05) is 0 Å². The summed E-state index contributed by atoms with van der Waals surface area (Å²) in [4.78, 5) is 41.1. The number of nitrogens with zero attached hydrogens (tertiary/aromatic N) is 2. The molecule has 2 aromatic carbocycles. The van der Waals surface area contributed by atoms with E-state index in [1.165, 1.54) is 18.4 Å². The first kappa shape index (κ1) is 20.9. The van der Waals surface area contributed by atoms with Crippen molar-refractivity contribution in [3.8, 4) is 0 Å². The Kier molecular flexibility index (Phi) is 6.60. The summed E-state index contributed by atoms with van der Waals surface area (Å²) in [6.45, 7) is 1.89. The van der Waals surface area contributed by atoms with Gasteiger partial charge in [-0.25, -0.2) is 4.79 Å². The van der Waals surface area contributed by atoms with Gasteiger partial charge < -0.3 is 14.0 Å². The van der Waals surface area contributed by atoms with Crippen LogP contribution in [0.3, 0.4) is 0 Å². The molecule has 150 valence electrons. The van der Waals surface area contributed by atoms with Gasteiger partial charge in [-0.2, -0.15) is 4.99 Å². The number of aromatic nitrogens is 1. The SMILES string of the molecule is CCOC(=O)c1ccc2c(c1)sc(=NC(=O)c1ccccc1Br)n2CC(=O)OC. The second-order valence-corrected chi connectivity index (χ2v) is 7.71. The van der Waals surface area contributed by atoms with Crippen molar-refractivity contribution in [1.82, 2.24) is 4.57 Å². The molecule has 3 rings (SSSR count). The minimum atomic E-state index is -0.478. The van der Waals surface area contributed by atoms with Crippen LogP contribution >= 0.6 is 27.3 Å². The molecule has 0 atom stereocenters. The Balaban J connectivity index is 2.14. The van der Waals surface area contributed by atoms with E-state index < -0.39 is 17.8 Å². The van der Waals surface area contributed by atoms with Crippen molar-refractivity contribution in [3.05, 3.63) is 62.9 Å². The van der Waals surface area contributed by atoms with Crippen LogP contribution in [0.2, 0.25) is 0 Å². The number of carbonyl (C=O) groups is 3. The molecule has 0 saturated heterocycles. The second kappa shape index (κ2) is 9.15. The van der Waals surface area contributed by atoms with Crippen LogP contribution in [-0.4, -0.2) is 36.1 Å². The first-order chi connectivity index (χ1) is 13.9. The quantitative estimate of drug-likeness (QED) is 0.525. The lowest BCUT2D eigenvalue weighted by Crippen LogP contribution is -2.22. The van der Waals surface area contributed by atoms with E-state index in [4.69, 9.17) is 9.47 Å². The lowest BCUT2D eigenvalue weighted by molar-refractivity contribution is -0.141. The predicted octanol–water partition coefficient (Wildman–Crippen LogP) is 3.56. The summed E-state index contributed by atoms with van der Waals surface area (Å²) in [6.07, 6.45) is 0. The Morgan fingerprint density at radius 3 is 2.62 bits per heavy atom. The lowest BCUT2D eigenvalue weighted by atomic mass is 10.2. The van der Waals surface area contributed by atoms with Crippen LogP contribution in [0.15, 0.2) is 51.9 Å². The molecule has 0 N–H and O–H groups in total. The van der Waals surface area contributed by atoms with Gasteiger partial charge in [0.1, 0.15) is 6.54 Å². The highest BCUT2D eigenvalue weighted by molar-refractivity contribution is 9.10. The van der Waals surface area contributed by atoms with E-state index in [0.29, 0.717) is 30.6 Å². The van der Waals surface area contributed by atoms with Gasteiger partial charge in [-0.05, 0) is 53.2 Å². The van der Waals surface area contributed by atoms with Crippen LogP contribution in [-0.2, 0) is 20.8 Å². The van der Waals surface area contributed by atoms with Crippen molar-refractivity contribution in [2.75, 3.05) is 13.7 Å². The number of esters is 2. The third-order valence-corrected chi connectivity index (χ3v) is 5.74. The van der Waals surface area contributed by atoms with Crippen LogP contribution < -0.4 is 4.80 Å². The Bertz CT molecular complexity index is 1170. The van der Waals surface area contributed by atoms with Gasteiger partial charge in [0.15, 0.2) is 4.80 Å². The van der Waals surface area contributed by atoms with Crippen LogP contribution in [0.4, 0.5) is 0 Å². The van der Waals surface area contributed by atoms with Gasteiger partial charge >= 0.3 is 11.9 Å². The summed E-state index contributed by atoms with van der Waals surface area (Å²) in [5.74, 6) is -1.37. The van der Waals surface area contributed by atoms with Crippen LogP contribution in [0.1, 0.15) is 27.6 Å². The number of rotatable bonds is 5. The summed E-state index contributed by atoms with van der Waals surface area (Å²) in [5, 5.41) is 0. The molecule has 3 aromatic rings. The fourth-order valence-corrected chi connectivity index (χ4v) is 4.15. The van der Waals surface area contributed by atoms with Gasteiger partial charge in [0.25, 0.3) is 5.91 Å². The summed E-state index contributed by atoms with van der Waals surface area (Å²) in [5.41, 5.74) is 1.45. The standard InChI is InChI=1S/C20H17BrN2O5S/c1-3-28-19(26)12-8-9-15-16(10-12)29-20(23(15)11-17(24)27-2)22-18(25)13-6-4-5-7-14(13)21/h4-10H,3,11H2,1-2H3. The van der Waals surface area contributed by atoms with E-state index in [2.05, 4.69) is 20.9 Å². The highest BCUT2D eigenvalue weighted by Crippen LogP contribution is 2.21. The number of benzene rings is 2. The van der Waals surface area contributed by atoms with Gasteiger partial charge in [-0.15, -0.1) is 0 Å². The lowest BCUT2D eigenvalue weighted by Gasteiger charge is -2.05. The fraction of sp³-hybridized carbons (Fsp3) is 0.200. The molecule has 0 aliphatic rings. The number of fused-ring (bicyclic) bond motifs is 1. The summed E-state index contributed by atoms with van der Waals surface area (Å²) in [7, 11) is 1.29. The molecular weight excluding hydrogens is 460 g/mol. The van der Waals surface area contributed by atoms with Crippen LogP contribution in [0.25, 0.3) is 10.2 Å². The summed E-state index contributed by atoms with van der Waals surface area (Å²) < 4.78 is 12.7. The van der Waals surface area contributed by atoms with Crippen molar-refractivity contribution >= 4 is 55.3 Å². The fourth-order valence-electron chi connectivity index (χ4n) is 2.63. The number of hydrogen-bond acceptors (Lipinski definition) is 6. The van der Waals surface area contributed by atoms with Gasteiger partial charge in [-0.3, -0.25) is 9.59 Å². The molecule has 0 unspecified atom stereocenters. The smallest absolute Gasteiger partial charge is 0.338 e. The maximum Gasteiger partial charge on any atom is 0.338 e. The summed E-state index contributed by atoms with van der Waals surface area (Å²) >= 11 is 4.54. The van der Waals surface area contributed by atoms with Crippen LogP contribution in [0.5, 0.6) is 0 Å². The van der Waals surface area contributed by atoms with Crippen molar-refractivity contribution in [2.45, 2.75) is 13.5 Å². The highest BCUT2D eigenvalue weighted by atomic mass is 79.9.